The van der Waals surface area contributed by atoms with Crippen LogP contribution in [-0.4, -0.2) is 209 Å². The Hall–Kier alpha value is -11.6. The van der Waals surface area contributed by atoms with E-state index in [9.17, 15) is 85.5 Å². The lowest BCUT2D eigenvalue weighted by atomic mass is 10.1. The van der Waals surface area contributed by atoms with Gasteiger partial charge in [-0.05, 0) is 257 Å². The summed E-state index contributed by atoms with van der Waals surface area (Å²) in [4.78, 5) is 28.2. The first kappa shape index (κ1) is 104. The molecule has 4 fully saturated rings. The molecule has 714 valence electrons. The number of halogens is 6. The molecule has 15 rings (SSSR count). The third-order valence-electron chi connectivity index (χ3n) is 21.7. The highest BCUT2D eigenvalue weighted by molar-refractivity contribution is 7.90. The summed E-state index contributed by atoms with van der Waals surface area (Å²) in [5, 5.41) is 39.6. The van der Waals surface area contributed by atoms with Gasteiger partial charge in [-0.2, -0.15) is 46.9 Å². The van der Waals surface area contributed by atoms with Gasteiger partial charge < -0.3 is 28.7 Å². The zero-order valence-corrected chi connectivity index (χ0v) is 82.9. The zero-order chi connectivity index (χ0) is 99.2. The number of nitrogens with zero attached hydrogens (tertiary/aromatic N) is 12. The Balaban J connectivity index is 0.000000164. The van der Waals surface area contributed by atoms with Gasteiger partial charge in [-0.3, -0.25) is 9.59 Å². The Morgan fingerprint density at radius 2 is 0.613 bits per heavy atom. The molecule has 0 saturated carbocycles. The van der Waals surface area contributed by atoms with Crippen molar-refractivity contribution in [3.05, 3.63) is 311 Å². The van der Waals surface area contributed by atoms with Crippen LogP contribution in [-0.2, 0) is 71.4 Å². The van der Waals surface area contributed by atoms with Gasteiger partial charge in [0.2, 0.25) is 66.0 Å². The van der Waals surface area contributed by atoms with Crippen LogP contribution in [0.1, 0.15) is 66.0 Å². The van der Waals surface area contributed by atoms with Crippen molar-refractivity contribution >= 4 is 130 Å². The number of nitriles is 4. The Labute approximate surface area is 820 Å². The molecule has 30 nitrogen and oxygen atoms in total. The molecule has 42 heteroatoms. The Kier molecular flexibility index (Phi) is 34.2. The predicted molar refractivity (Wildman–Crippen MR) is 515 cm³/mol. The molecule has 4 aliphatic rings. The molecule has 4 heterocycles. The minimum absolute atomic E-state index is 0.00188. The second-order valence-corrected chi connectivity index (χ2v) is 45.6. The SMILES string of the molecule is Cc1cc(Cl)cc(Oc2ccc(C#N)cc2S(=O)(=O)N2CCN(C(=O)Cc3cccc(F)c3)CC2)c1.Cc1cc(Cl)cc(Oc2ccc(C#N)cc2S(=O)(=O)N2CCN(C(=O)c3ccc(Cl)cc3)CC2)c1.Cc1cc(Cl)cc(Oc2ccc(C#N)cc2S(=O)(=O)N2CCN(S(C)(=O)=O)CC2)c1.Cc1ccc(S(=O)(=O)N2CCN(S(=O)(=O)c3cc(C#N)ccc3Oc3cc(C)cc(Cl)c3)CC2)cc1. The van der Waals surface area contributed by atoms with Crippen molar-refractivity contribution in [2.45, 2.75) is 65.5 Å². The van der Waals surface area contributed by atoms with Crippen LogP contribution in [0, 0.1) is 85.8 Å². The molecule has 0 radical (unpaired) electrons. The monoisotopic (exact) mass is 2070 g/mol. The van der Waals surface area contributed by atoms with Crippen LogP contribution in [0.15, 0.2) is 243 Å². The topological polar surface area (TPSA) is 397 Å². The van der Waals surface area contributed by atoms with Crippen molar-refractivity contribution in [1.29, 1.82) is 21.0 Å². The van der Waals surface area contributed by atoms with Crippen molar-refractivity contribution in [2.75, 3.05) is 111 Å². The lowest BCUT2D eigenvalue weighted by Crippen LogP contribution is -2.50. The van der Waals surface area contributed by atoms with Crippen LogP contribution < -0.4 is 18.9 Å². The first-order valence-corrected chi connectivity index (χ1v) is 52.8. The van der Waals surface area contributed by atoms with E-state index in [1.807, 2.05) is 58.9 Å². The van der Waals surface area contributed by atoms with E-state index in [2.05, 4.69) is 0 Å². The van der Waals surface area contributed by atoms with Crippen molar-refractivity contribution in [3.63, 3.8) is 0 Å². The number of rotatable bonds is 22. The highest BCUT2D eigenvalue weighted by Crippen LogP contribution is 2.40. The van der Waals surface area contributed by atoms with Crippen LogP contribution in [0.3, 0.4) is 0 Å². The molecule has 11 aromatic rings. The van der Waals surface area contributed by atoms with Gasteiger partial charge in [-0.25, -0.2) is 54.9 Å². The number of benzene rings is 11. The Morgan fingerprint density at radius 1 is 0.321 bits per heavy atom. The van der Waals surface area contributed by atoms with Crippen molar-refractivity contribution in [1.82, 2.24) is 35.6 Å². The van der Waals surface area contributed by atoms with Crippen molar-refractivity contribution in [2.24, 2.45) is 0 Å². The maximum atomic E-state index is 13.6. The molecule has 0 N–H and O–H groups in total. The largest absolute Gasteiger partial charge is 0.456 e. The summed E-state index contributed by atoms with van der Waals surface area (Å²) >= 11 is 30.3. The summed E-state index contributed by atoms with van der Waals surface area (Å²) < 4.78 is 202. The first-order valence-electron chi connectivity index (χ1n) is 41.9. The number of carbonyl (C=O) groups excluding carboxylic acids is 2. The molecular weight excluding hydrogens is 1990 g/mol. The maximum absolute atomic E-state index is 13.6. The summed E-state index contributed by atoms with van der Waals surface area (Å²) in [5.74, 6) is 0.927. The Morgan fingerprint density at radius 3 is 0.905 bits per heavy atom. The van der Waals surface area contributed by atoms with E-state index < -0.39 is 66.0 Å². The van der Waals surface area contributed by atoms with Crippen LogP contribution >= 0.6 is 58.0 Å². The van der Waals surface area contributed by atoms with Gasteiger partial charge in [0.25, 0.3) is 5.91 Å². The third kappa shape index (κ3) is 26.6. The van der Waals surface area contributed by atoms with Gasteiger partial charge in [-0.1, -0.05) is 87.8 Å². The molecular formula is C95H88Cl5FN12O18S6. The standard InChI is InChI=1S/C26H23ClFN3O4S.C25H21Cl2N3O4S.C25H24ClN3O5S2.C19H20ClN3O5S2/c1-18-11-21(27)16-23(12-18)35-24-6-5-20(17-29)14-25(24)36(33,34)31-9-7-30(8-10-31)26(32)15-19-3-2-4-22(28)13-19;1-17-12-21(27)15-22(13-17)34-23-7-2-18(16-28)14-24(23)35(32,33)30-10-8-29(9-11-30)25(31)19-3-5-20(26)6-4-19;1-18-3-6-23(7-4-18)35(30,31)28-9-11-29(12-10-28)36(32,33)25-15-20(17-27)5-8-24(25)34-22-14-19(2)13-21(26)16-22;1-14-9-16(20)12-17(10-14)28-18-4-3-15(13-21)11-19(18)30(26,27)23-7-5-22(6-8-23)29(2,24)25/h2-6,11-14,16H,7-10,15H2,1H3;2-7,12-15H,8-11H2,1H3;3-8,13-16H,9-12H2,1-2H3;3-4,9-12H,5-8H2,1-2H3. The number of aryl methyl sites for hydroxylation is 5. The zero-order valence-electron chi connectivity index (χ0n) is 74.2. The fourth-order valence-electron chi connectivity index (χ4n) is 14.8. The molecule has 0 aliphatic carbocycles. The van der Waals surface area contributed by atoms with Gasteiger partial charge in [0.05, 0.1) is 64.1 Å². The summed E-state index contributed by atoms with van der Waals surface area (Å²) in [6.07, 6.45) is 1.12. The van der Waals surface area contributed by atoms with Crippen LogP contribution in [0.4, 0.5) is 4.39 Å². The van der Waals surface area contributed by atoms with E-state index in [4.69, 9.17) is 77.0 Å². The quantitative estimate of drug-likeness (QED) is 0.0608. The number of ether oxygens (including phenoxy) is 4. The average molecular weight is 2070 g/mol. The van der Waals surface area contributed by atoms with Crippen LogP contribution in [0.5, 0.6) is 46.0 Å². The highest BCUT2D eigenvalue weighted by atomic mass is 35.5. The summed E-state index contributed by atoms with van der Waals surface area (Å²) in [6.45, 7) is 10.4. The second-order valence-electron chi connectivity index (χ2n) is 31.8. The maximum Gasteiger partial charge on any atom is 0.253 e. The number of amides is 2. The van der Waals surface area contributed by atoms with Gasteiger partial charge >= 0.3 is 0 Å². The third-order valence-corrected chi connectivity index (χ3v) is 33.7. The van der Waals surface area contributed by atoms with E-state index in [1.165, 1.54) is 111 Å². The molecule has 2 amide bonds. The van der Waals surface area contributed by atoms with E-state index >= 15 is 0 Å². The van der Waals surface area contributed by atoms with Gasteiger partial charge in [0, 0.05) is 135 Å². The lowest BCUT2D eigenvalue weighted by Gasteiger charge is -2.34. The first-order chi connectivity index (χ1) is 64.8. The molecule has 0 unspecified atom stereocenters. The molecule has 137 heavy (non-hydrogen) atoms. The van der Waals surface area contributed by atoms with E-state index in [1.54, 1.807) is 143 Å². The Bertz CT molecular complexity index is 7270. The van der Waals surface area contributed by atoms with Gasteiger partial charge in [-0.15, -0.1) is 0 Å². The molecule has 11 aromatic carbocycles. The van der Waals surface area contributed by atoms with E-state index in [-0.39, 0.29) is 193 Å². The number of hydrogen-bond donors (Lipinski definition) is 0. The summed E-state index contributed by atoms with van der Waals surface area (Å²) in [5.41, 5.74) is 6.04. The minimum Gasteiger partial charge on any atom is -0.456 e. The normalized spacial score (nSPS) is 15.0. The fraction of sp³-hybridized carbons (Fsp3) is 0.242. The number of piperazine rings is 4. The smallest absolute Gasteiger partial charge is 0.253 e. The number of hydrogen-bond acceptors (Lipinski definition) is 22. The van der Waals surface area contributed by atoms with Crippen molar-refractivity contribution in [3.8, 4) is 70.3 Å². The van der Waals surface area contributed by atoms with Crippen LogP contribution in [0.2, 0.25) is 25.1 Å². The second kappa shape index (κ2) is 44.9. The molecule has 0 bridgehead atoms. The van der Waals surface area contributed by atoms with Crippen molar-refractivity contribution < 1.29 is 83.4 Å². The summed E-state index contributed by atoms with van der Waals surface area (Å²) in [6, 6.07) is 63.7. The summed E-state index contributed by atoms with van der Waals surface area (Å²) in [7, 11) is -23.3. The minimum atomic E-state index is -4.10. The fourth-order valence-corrected chi connectivity index (χ4v) is 24.6. The molecule has 0 aromatic heterocycles. The number of sulfonamides is 6. The molecule has 4 aliphatic heterocycles. The van der Waals surface area contributed by atoms with Gasteiger partial charge in [0.15, 0.2) is 0 Å². The lowest BCUT2D eigenvalue weighted by molar-refractivity contribution is -0.131. The van der Waals surface area contributed by atoms with E-state index in [0.29, 0.717) is 59.2 Å². The van der Waals surface area contributed by atoms with Gasteiger partial charge in [0.1, 0.15) is 71.4 Å². The van der Waals surface area contributed by atoms with E-state index in [0.717, 1.165) is 34.1 Å². The average Bonchev–Trinajstić information content (AvgIpc) is 0.775. The molecule has 4 saturated heterocycles. The predicted octanol–water partition coefficient (Wildman–Crippen LogP) is 16.5. The molecule has 0 atom stereocenters. The molecule has 0 spiro atoms. The highest BCUT2D eigenvalue weighted by Gasteiger charge is 2.40. The number of carbonyl (C=O) groups is 2. The van der Waals surface area contributed by atoms with Crippen LogP contribution in [0.25, 0.3) is 0 Å².